The molecule has 0 saturated carbocycles. The summed E-state index contributed by atoms with van der Waals surface area (Å²) >= 11 is 0. The molecule has 0 amide bonds. The van der Waals surface area contributed by atoms with Gasteiger partial charge in [0.05, 0.1) is 11.0 Å². The Kier molecular flexibility index (Phi) is 5.52. The molecule has 0 radical (unpaired) electrons. The van der Waals surface area contributed by atoms with Crippen LogP contribution in [0.1, 0.15) is 54.2 Å². The van der Waals surface area contributed by atoms with E-state index in [1.165, 1.54) is 5.56 Å². The zero-order valence-corrected chi connectivity index (χ0v) is 20.2. The maximum atomic E-state index is 11.7. The number of aromatic amines is 1. The molecule has 0 atom stereocenters. The number of benzene rings is 3. The number of ether oxygens (including phenoxy) is 1. The quantitative estimate of drug-likeness (QED) is 0.356. The Bertz CT molecular complexity index is 1670. The first-order valence-electron chi connectivity index (χ1n) is 12.2. The van der Waals surface area contributed by atoms with E-state index in [4.69, 9.17) is 14.2 Å². The number of imidazole rings is 1. The lowest BCUT2D eigenvalue weighted by Gasteiger charge is -2.15. The van der Waals surface area contributed by atoms with Gasteiger partial charge in [-0.05, 0) is 59.9 Å². The van der Waals surface area contributed by atoms with Crippen LogP contribution in [0.15, 0.2) is 76.0 Å². The highest BCUT2D eigenvalue weighted by Gasteiger charge is 2.23. The monoisotopic (exact) mass is 478 g/mol. The van der Waals surface area contributed by atoms with Gasteiger partial charge in [-0.2, -0.15) is 0 Å². The number of H-pyrrole nitrogens is 1. The second kappa shape index (κ2) is 9.00. The van der Waals surface area contributed by atoms with Crippen LogP contribution in [0.3, 0.4) is 0 Å². The first kappa shape index (κ1) is 22.1. The van der Waals surface area contributed by atoms with Crippen molar-refractivity contribution in [3.63, 3.8) is 0 Å². The van der Waals surface area contributed by atoms with Crippen LogP contribution in [-0.2, 0) is 19.6 Å². The van der Waals surface area contributed by atoms with Crippen molar-refractivity contribution in [1.82, 2.24) is 19.7 Å². The number of para-hydroxylation sites is 3. The van der Waals surface area contributed by atoms with Gasteiger partial charge in [0.1, 0.15) is 18.2 Å². The van der Waals surface area contributed by atoms with Crippen molar-refractivity contribution >= 4 is 22.2 Å². The van der Waals surface area contributed by atoms with Gasteiger partial charge in [0.25, 0.3) is 0 Å². The summed E-state index contributed by atoms with van der Waals surface area (Å²) in [6.45, 7) is 5.29. The van der Waals surface area contributed by atoms with Crippen molar-refractivity contribution in [3.8, 4) is 5.75 Å². The summed E-state index contributed by atoms with van der Waals surface area (Å²) in [5, 5.41) is 3.94. The summed E-state index contributed by atoms with van der Waals surface area (Å²) < 4.78 is 13.4. The second-order valence-electron chi connectivity index (χ2n) is 9.07. The lowest BCUT2D eigenvalue weighted by Crippen LogP contribution is -2.07. The number of hydrogen-bond acceptors (Lipinski definition) is 5. The van der Waals surface area contributed by atoms with Gasteiger partial charge in [0.15, 0.2) is 5.82 Å². The molecular weight excluding hydrogens is 452 g/mol. The minimum Gasteiger partial charge on any atom is -0.488 e. The molecule has 36 heavy (non-hydrogen) atoms. The third-order valence-corrected chi connectivity index (χ3v) is 6.70. The van der Waals surface area contributed by atoms with Gasteiger partial charge >= 0.3 is 5.76 Å². The second-order valence-corrected chi connectivity index (χ2v) is 9.07. The topological polar surface area (TPSA) is 85.9 Å². The average molecular weight is 479 g/mol. The fourth-order valence-corrected chi connectivity index (χ4v) is 5.02. The smallest absolute Gasteiger partial charge is 0.439 e. The summed E-state index contributed by atoms with van der Waals surface area (Å²) in [4.78, 5) is 19.2. The minimum atomic E-state index is -0.575. The van der Waals surface area contributed by atoms with Gasteiger partial charge < -0.3 is 9.30 Å². The molecule has 3 aromatic carbocycles. The van der Waals surface area contributed by atoms with Crippen molar-refractivity contribution < 1.29 is 9.26 Å². The van der Waals surface area contributed by atoms with E-state index >= 15 is 0 Å². The summed E-state index contributed by atoms with van der Waals surface area (Å²) in [6, 6.07) is 22.8. The SMILES string of the molecule is CCCc1nc2ccccc2n1Cc1ccc2c(c1)COc1ccccc1/C2=C(/C)c1noc(=O)[nH]1. The van der Waals surface area contributed by atoms with Crippen molar-refractivity contribution in [2.24, 2.45) is 0 Å². The van der Waals surface area contributed by atoms with Crippen LogP contribution in [0.4, 0.5) is 0 Å². The number of fused-ring (bicyclic) bond motifs is 3. The van der Waals surface area contributed by atoms with Crippen molar-refractivity contribution in [2.75, 3.05) is 0 Å². The maximum Gasteiger partial charge on any atom is 0.439 e. The zero-order valence-electron chi connectivity index (χ0n) is 20.2. The molecule has 5 aromatic rings. The molecule has 6 rings (SSSR count). The van der Waals surface area contributed by atoms with Gasteiger partial charge in [0, 0.05) is 24.1 Å². The van der Waals surface area contributed by atoms with E-state index in [-0.39, 0.29) is 0 Å². The maximum absolute atomic E-state index is 11.7. The Hall–Kier alpha value is -4.39. The summed E-state index contributed by atoms with van der Waals surface area (Å²) in [6.07, 6.45) is 1.97. The third-order valence-electron chi connectivity index (χ3n) is 6.70. The summed E-state index contributed by atoms with van der Waals surface area (Å²) in [5.74, 6) is 1.73. The number of aryl methyl sites for hydroxylation is 1. The molecule has 0 aliphatic carbocycles. The molecule has 180 valence electrons. The van der Waals surface area contributed by atoms with E-state index in [0.29, 0.717) is 12.4 Å². The molecule has 1 N–H and O–H groups in total. The van der Waals surface area contributed by atoms with E-state index < -0.39 is 5.76 Å². The molecule has 7 heteroatoms. The van der Waals surface area contributed by atoms with Crippen LogP contribution in [0.25, 0.3) is 22.2 Å². The normalized spacial score (nSPS) is 14.2. The summed E-state index contributed by atoms with van der Waals surface area (Å²) in [7, 11) is 0. The molecule has 1 aliphatic heterocycles. The van der Waals surface area contributed by atoms with Crippen molar-refractivity contribution in [1.29, 1.82) is 0 Å². The molecule has 0 bridgehead atoms. The van der Waals surface area contributed by atoms with Gasteiger partial charge in [-0.15, -0.1) is 0 Å². The van der Waals surface area contributed by atoms with Crippen LogP contribution in [0.2, 0.25) is 0 Å². The highest BCUT2D eigenvalue weighted by atomic mass is 16.5. The van der Waals surface area contributed by atoms with Gasteiger partial charge in [0.2, 0.25) is 0 Å². The van der Waals surface area contributed by atoms with Crippen molar-refractivity contribution in [2.45, 2.75) is 39.8 Å². The summed E-state index contributed by atoms with van der Waals surface area (Å²) in [5.41, 5.74) is 8.21. The molecule has 0 fully saturated rings. The lowest BCUT2D eigenvalue weighted by atomic mass is 9.89. The van der Waals surface area contributed by atoms with E-state index in [1.54, 1.807) is 0 Å². The highest BCUT2D eigenvalue weighted by molar-refractivity contribution is 5.99. The fourth-order valence-electron chi connectivity index (χ4n) is 5.02. The molecule has 0 spiro atoms. The largest absolute Gasteiger partial charge is 0.488 e. The first-order chi connectivity index (χ1) is 17.6. The molecule has 3 heterocycles. The van der Waals surface area contributed by atoms with Gasteiger partial charge in [-0.25, -0.2) is 9.78 Å². The van der Waals surface area contributed by atoms with Crippen molar-refractivity contribution in [3.05, 3.63) is 111 Å². The lowest BCUT2D eigenvalue weighted by molar-refractivity contribution is 0.307. The van der Waals surface area contributed by atoms with Crippen LogP contribution < -0.4 is 10.5 Å². The fraction of sp³-hybridized carbons (Fsp3) is 0.207. The number of aromatic nitrogens is 4. The Morgan fingerprint density at radius 3 is 2.72 bits per heavy atom. The molecule has 0 saturated heterocycles. The predicted octanol–water partition coefficient (Wildman–Crippen LogP) is 5.58. The minimum absolute atomic E-state index is 0.413. The standard InChI is InChI=1S/C29H26N4O3/c1-3-8-26-30-23-10-5-6-11-24(23)33(26)16-19-13-14-21-20(15-19)17-35-25-12-7-4-9-22(25)27(21)18(2)28-31-29(34)36-32-28/h4-7,9-15H,3,8,16-17H2,1-2H3,(H,31,32,34)/b27-18-. The molecule has 7 nitrogen and oxygen atoms in total. The van der Waals surface area contributed by atoms with E-state index in [1.807, 2.05) is 37.3 Å². The molecule has 0 unspecified atom stereocenters. The Balaban J connectivity index is 1.47. The Morgan fingerprint density at radius 1 is 1.06 bits per heavy atom. The van der Waals surface area contributed by atoms with E-state index in [0.717, 1.165) is 69.8 Å². The molecular formula is C29H26N4O3. The highest BCUT2D eigenvalue weighted by Crippen LogP contribution is 2.40. The molecule has 2 aromatic heterocycles. The third kappa shape index (κ3) is 3.82. The van der Waals surface area contributed by atoms with Crippen LogP contribution in [0.5, 0.6) is 5.75 Å². The number of allylic oxidation sites excluding steroid dienone is 1. The van der Waals surface area contributed by atoms with Crippen LogP contribution >= 0.6 is 0 Å². The average Bonchev–Trinajstić information content (AvgIpc) is 3.43. The molecule has 1 aliphatic rings. The van der Waals surface area contributed by atoms with E-state index in [9.17, 15) is 4.79 Å². The first-order valence-corrected chi connectivity index (χ1v) is 12.2. The zero-order chi connectivity index (χ0) is 24.6. The number of nitrogens with one attached hydrogen (secondary N) is 1. The van der Waals surface area contributed by atoms with Gasteiger partial charge in [-0.3, -0.25) is 9.51 Å². The van der Waals surface area contributed by atoms with Crippen LogP contribution in [-0.4, -0.2) is 19.7 Å². The van der Waals surface area contributed by atoms with E-state index in [2.05, 4.69) is 58.0 Å². The van der Waals surface area contributed by atoms with Crippen LogP contribution in [0, 0.1) is 0 Å². The predicted molar refractivity (Wildman–Crippen MR) is 139 cm³/mol. The van der Waals surface area contributed by atoms with Gasteiger partial charge in [-0.1, -0.05) is 54.5 Å². The number of rotatable bonds is 5. The number of nitrogens with zero attached hydrogens (tertiary/aromatic N) is 3. The Labute approximate surface area is 208 Å². The number of hydrogen-bond donors (Lipinski definition) is 1. The Morgan fingerprint density at radius 2 is 1.89 bits per heavy atom.